The van der Waals surface area contributed by atoms with Gasteiger partial charge < -0.3 is 4.42 Å². The van der Waals surface area contributed by atoms with Crippen molar-refractivity contribution in [2.75, 3.05) is 0 Å². The summed E-state index contributed by atoms with van der Waals surface area (Å²) in [5.74, 6) is 1.57. The number of aryl methyl sites for hydroxylation is 1. The van der Waals surface area contributed by atoms with E-state index in [1.807, 2.05) is 12.1 Å². The molecule has 1 atom stereocenters. The summed E-state index contributed by atoms with van der Waals surface area (Å²) in [5.41, 5.74) is 3.81. The molecule has 1 aliphatic carbocycles. The number of benzene rings is 1. The number of hydrogen-bond donors (Lipinski definition) is 0. The van der Waals surface area contributed by atoms with Crippen LogP contribution < -0.4 is 0 Å². The van der Waals surface area contributed by atoms with Crippen molar-refractivity contribution in [2.45, 2.75) is 25.2 Å². The van der Waals surface area contributed by atoms with Gasteiger partial charge in [-0.05, 0) is 31.0 Å². The lowest BCUT2D eigenvalue weighted by Crippen LogP contribution is -2.14. The molecule has 25 heavy (non-hydrogen) atoms. The van der Waals surface area contributed by atoms with Gasteiger partial charge in [0.05, 0.1) is 23.5 Å². The van der Waals surface area contributed by atoms with Crippen LogP contribution in [0.2, 0.25) is 0 Å². The van der Waals surface area contributed by atoms with Crippen molar-refractivity contribution in [1.29, 1.82) is 5.26 Å². The summed E-state index contributed by atoms with van der Waals surface area (Å²) in [6.45, 7) is 7.13. The van der Waals surface area contributed by atoms with Crippen molar-refractivity contribution in [2.24, 2.45) is 0 Å². The third-order valence-corrected chi connectivity index (χ3v) is 4.51. The molecule has 2 aromatic heterocycles. The molecule has 1 unspecified atom stereocenters. The maximum absolute atomic E-state index is 9.30. The molecule has 0 spiro atoms. The van der Waals surface area contributed by atoms with Crippen LogP contribution in [0.4, 0.5) is 5.69 Å². The van der Waals surface area contributed by atoms with Crippen LogP contribution in [0.25, 0.3) is 16.3 Å². The normalized spacial score (nSPS) is 15.8. The Morgan fingerprint density at radius 3 is 3.04 bits per heavy atom. The number of rotatable bonds is 2. The summed E-state index contributed by atoms with van der Waals surface area (Å²) >= 11 is 0. The Kier molecular flexibility index (Phi) is 3.76. The van der Waals surface area contributed by atoms with Gasteiger partial charge in [0.2, 0.25) is 5.89 Å². The van der Waals surface area contributed by atoms with Crippen molar-refractivity contribution in [3.63, 3.8) is 0 Å². The van der Waals surface area contributed by atoms with E-state index < -0.39 is 0 Å². The molecule has 3 aromatic rings. The molecule has 0 saturated carbocycles. The van der Waals surface area contributed by atoms with Crippen molar-refractivity contribution >= 4 is 5.69 Å². The minimum atomic E-state index is 0.165. The lowest BCUT2D eigenvalue weighted by atomic mass is 9.86. The largest absolute Gasteiger partial charge is 0.441 e. The first kappa shape index (κ1) is 15.1. The van der Waals surface area contributed by atoms with Crippen LogP contribution >= 0.6 is 0 Å². The van der Waals surface area contributed by atoms with E-state index in [1.54, 1.807) is 30.5 Å². The van der Waals surface area contributed by atoms with E-state index in [2.05, 4.69) is 20.9 Å². The molecule has 4 rings (SSSR count). The number of aromatic nitrogens is 2. The first-order valence-corrected chi connectivity index (χ1v) is 8.10. The molecule has 0 amide bonds. The molecule has 0 bridgehead atoms. The second-order valence-electron chi connectivity index (χ2n) is 6.04. The van der Waals surface area contributed by atoms with E-state index >= 15 is 0 Å². The molecule has 120 valence electrons. The van der Waals surface area contributed by atoms with Gasteiger partial charge in [0, 0.05) is 24.1 Å². The minimum Gasteiger partial charge on any atom is -0.441 e. The third-order valence-electron chi connectivity index (χ3n) is 4.51. The smallest absolute Gasteiger partial charge is 0.225 e. The molecule has 0 fully saturated rings. The minimum absolute atomic E-state index is 0.165. The average Bonchev–Trinajstić information content (AvgIpc) is 3.11. The van der Waals surface area contributed by atoms with Crippen LogP contribution in [0.1, 0.15) is 35.1 Å². The van der Waals surface area contributed by atoms with Gasteiger partial charge in [-0.3, -0.25) is 4.98 Å². The van der Waals surface area contributed by atoms with Crippen LogP contribution in [0, 0.1) is 17.9 Å². The standard InChI is InChI=1S/C20H14N4O/c1-22-16-6-2-4-14(10-16)20-24-17-8-7-13(11-18(17)25-20)19-15(12-21)5-3-9-23-19/h2-6,9-10,13H,7-8,11H2. The van der Waals surface area contributed by atoms with Gasteiger partial charge >= 0.3 is 0 Å². The van der Waals surface area contributed by atoms with Crippen LogP contribution in [0.15, 0.2) is 47.0 Å². The Bertz CT molecular complexity index is 1020. The van der Waals surface area contributed by atoms with Gasteiger partial charge in [0.25, 0.3) is 0 Å². The van der Waals surface area contributed by atoms with E-state index in [-0.39, 0.29) is 5.92 Å². The van der Waals surface area contributed by atoms with Gasteiger partial charge in [-0.25, -0.2) is 9.83 Å². The number of nitrogens with zero attached hydrogens (tertiary/aromatic N) is 4. The van der Waals surface area contributed by atoms with Crippen molar-refractivity contribution < 1.29 is 4.42 Å². The fourth-order valence-electron chi connectivity index (χ4n) is 3.28. The molecule has 0 aliphatic heterocycles. The number of hydrogen-bond acceptors (Lipinski definition) is 4. The molecule has 2 heterocycles. The second kappa shape index (κ2) is 6.22. The first-order valence-electron chi connectivity index (χ1n) is 8.10. The Hall–Kier alpha value is -3.44. The second-order valence-corrected chi connectivity index (χ2v) is 6.04. The Balaban J connectivity index is 1.66. The summed E-state index contributed by atoms with van der Waals surface area (Å²) in [5, 5.41) is 9.30. The van der Waals surface area contributed by atoms with Crippen LogP contribution in [0.3, 0.4) is 0 Å². The van der Waals surface area contributed by atoms with Gasteiger partial charge in [-0.2, -0.15) is 5.26 Å². The summed E-state index contributed by atoms with van der Waals surface area (Å²) in [4.78, 5) is 12.5. The van der Waals surface area contributed by atoms with E-state index in [0.29, 0.717) is 23.6 Å². The van der Waals surface area contributed by atoms with Gasteiger partial charge in [0.1, 0.15) is 11.8 Å². The quantitative estimate of drug-likeness (QED) is 0.653. The van der Waals surface area contributed by atoms with E-state index in [1.165, 1.54) is 0 Å². The maximum Gasteiger partial charge on any atom is 0.225 e. The first-order chi connectivity index (χ1) is 12.3. The van der Waals surface area contributed by atoms with Gasteiger partial charge in [-0.15, -0.1) is 0 Å². The molecule has 5 heteroatoms. The highest BCUT2D eigenvalue weighted by Gasteiger charge is 2.27. The number of pyridine rings is 1. The molecule has 1 aromatic carbocycles. The SMILES string of the molecule is [C-]#[N+]c1cccc(-c2nc3c(o2)CC(c2ncccc2C#N)CC3)c1. The van der Waals surface area contributed by atoms with Crippen LogP contribution in [0.5, 0.6) is 0 Å². The lowest BCUT2D eigenvalue weighted by molar-refractivity contribution is 0.453. The van der Waals surface area contributed by atoms with Crippen molar-refractivity contribution in [3.05, 3.63) is 76.7 Å². The molecule has 1 aliphatic rings. The predicted octanol–water partition coefficient (Wildman–Crippen LogP) is 4.43. The topological polar surface area (TPSA) is 67.1 Å². The zero-order chi connectivity index (χ0) is 17.2. The molecular weight excluding hydrogens is 312 g/mol. The van der Waals surface area contributed by atoms with E-state index in [4.69, 9.17) is 11.0 Å². The summed E-state index contributed by atoms with van der Waals surface area (Å²) in [6.07, 6.45) is 4.12. The van der Waals surface area contributed by atoms with Gasteiger partial charge in [-0.1, -0.05) is 18.2 Å². The Labute approximate surface area is 145 Å². The fraction of sp³-hybridized carbons (Fsp3) is 0.200. The summed E-state index contributed by atoms with van der Waals surface area (Å²) in [6, 6.07) is 13.1. The predicted molar refractivity (Wildman–Crippen MR) is 91.9 cm³/mol. The summed E-state index contributed by atoms with van der Waals surface area (Å²) < 4.78 is 5.99. The Morgan fingerprint density at radius 2 is 2.20 bits per heavy atom. The molecule has 0 N–H and O–H groups in total. The third kappa shape index (κ3) is 2.77. The monoisotopic (exact) mass is 326 g/mol. The van der Waals surface area contributed by atoms with E-state index in [9.17, 15) is 5.26 Å². The molecule has 5 nitrogen and oxygen atoms in total. The van der Waals surface area contributed by atoms with Crippen molar-refractivity contribution in [1.82, 2.24) is 9.97 Å². The van der Waals surface area contributed by atoms with Crippen LogP contribution in [-0.4, -0.2) is 9.97 Å². The summed E-state index contributed by atoms with van der Waals surface area (Å²) in [7, 11) is 0. The van der Waals surface area contributed by atoms with E-state index in [0.717, 1.165) is 35.6 Å². The number of oxazole rings is 1. The van der Waals surface area contributed by atoms with Crippen molar-refractivity contribution in [3.8, 4) is 17.5 Å². The Morgan fingerprint density at radius 1 is 1.28 bits per heavy atom. The number of fused-ring (bicyclic) bond motifs is 1. The number of nitriles is 1. The zero-order valence-electron chi connectivity index (χ0n) is 13.4. The highest BCUT2D eigenvalue weighted by atomic mass is 16.4. The zero-order valence-corrected chi connectivity index (χ0v) is 13.4. The molecule has 0 saturated heterocycles. The molecular formula is C20H14N4O. The van der Waals surface area contributed by atoms with Crippen LogP contribution in [-0.2, 0) is 12.8 Å². The lowest BCUT2D eigenvalue weighted by Gasteiger charge is -2.20. The average molecular weight is 326 g/mol. The fourth-order valence-corrected chi connectivity index (χ4v) is 3.28. The van der Waals surface area contributed by atoms with Gasteiger partial charge in [0.15, 0.2) is 5.69 Å². The molecule has 0 radical (unpaired) electrons. The highest BCUT2D eigenvalue weighted by molar-refractivity contribution is 5.62. The maximum atomic E-state index is 9.30. The highest BCUT2D eigenvalue weighted by Crippen LogP contribution is 2.35.